The number of hydrogen-bond donors (Lipinski definition) is 1. The number of ether oxygens (including phenoxy) is 2. The second kappa shape index (κ2) is 10.1. The molecular formula is C20H15ClN2O8S. The van der Waals surface area contributed by atoms with Gasteiger partial charge in [-0.25, -0.2) is 9.59 Å². The van der Waals surface area contributed by atoms with Gasteiger partial charge in [0.05, 0.1) is 12.7 Å². The highest BCUT2D eigenvalue weighted by Gasteiger charge is 2.25. The van der Waals surface area contributed by atoms with Crippen molar-refractivity contribution in [3.63, 3.8) is 0 Å². The van der Waals surface area contributed by atoms with Crippen LogP contribution in [0.15, 0.2) is 46.2 Å². The maximum absolute atomic E-state index is 12.6. The summed E-state index contributed by atoms with van der Waals surface area (Å²) in [4.78, 5) is 46.6. The molecule has 0 fully saturated rings. The van der Waals surface area contributed by atoms with Crippen LogP contribution < -0.4 is 5.32 Å². The fraction of sp³-hybridized carbons (Fsp3) is 0.150. The number of nitrogens with one attached hydrogen (secondary N) is 1. The Morgan fingerprint density at radius 3 is 2.53 bits per heavy atom. The Morgan fingerprint density at radius 1 is 1.12 bits per heavy atom. The zero-order valence-electron chi connectivity index (χ0n) is 16.5. The summed E-state index contributed by atoms with van der Waals surface area (Å²) in [5.41, 5.74) is 1.18. The van der Waals surface area contributed by atoms with Crippen LogP contribution in [0.25, 0.3) is 11.1 Å². The smallest absolute Gasteiger partial charge is 0.433 e. The van der Waals surface area contributed by atoms with E-state index in [0.29, 0.717) is 16.1 Å². The molecule has 2 heterocycles. The number of carbonyl (C=O) groups is 3. The third kappa shape index (κ3) is 5.13. The van der Waals surface area contributed by atoms with Crippen molar-refractivity contribution in [3.05, 3.63) is 68.2 Å². The van der Waals surface area contributed by atoms with Crippen LogP contribution in [0.1, 0.15) is 27.8 Å². The predicted octanol–water partition coefficient (Wildman–Crippen LogP) is 4.54. The molecule has 0 spiro atoms. The molecular weight excluding hydrogens is 464 g/mol. The fourth-order valence-corrected chi connectivity index (χ4v) is 3.84. The van der Waals surface area contributed by atoms with Crippen molar-refractivity contribution >= 4 is 51.7 Å². The third-order valence-electron chi connectivity index (χ3n) is 3.99. The van der Waals surface area contributed by atoms with Crippen molar-refractivity contribution < 1.29 is 33.2 Å². The molecule has 166 valence electrons. The Labute approximate surface area is 189 Å². The van der Waals surface area contributed by atoms with E-state index in [9.17, 15) is 24.5 Å². The minimum Gasteiger partial charge on any atom is -0.462 e. The van der Waals surface area contributed by atoms with Crippen molar-refractivity contribution in [2.45, 2.75) is 6.92 Å². The van der Waals surface area contributed by atoms with Crippen LogP contribution >= 0.6 is 22.9 Å². The average Bonchev–Trinajstić information content (AvgIpc) is 3.40. The molecule has 0 saturated heterocycles. The van der Waals surface area contributed by atoms with Crippen LogP contribution in [0.2, 0.25) is 5.02 Å². The van der Waals surface area contributed by atoms with E-state index in [1.54, 1.807) is 36.6 Å². The van der Waals surface area contributed by atoms with Crippen LogP contribution in [0, 0.1) is 10.1 Å². The van der Waals surface area contributed by atoms with Crippen LogP contribution in [-0.2, 0) is 14.3 Å². The summed E-state index contributed by atoms with van der Waals surface area (Å²) >= 11 is 7.32. The van der Waals surface area contributed by atoms with Crippen molar-refractivity contribution in [2.75, 3.05) is 18.5 Å². The van der Waals surface area contributed by atoms with E-state index >= 15 is 0 Å². The number of carbonyl (C=O) groups excluding carboxylic acids is 3. The highest BCUT2D eigenvalue weighted by Crippen LogP contribution is 2.39. The maximum Gasteiger partial charge on any atom is 0.433 e. The van der Waals surface area contributed by atoms with Gasteiger partial charge in [-0.05, 0) is 19.1 Å². The summed E-state index contributed by atoms with van der Waals surface area (Å²) in [5.74, 6) is -3.50. The van der Waals surface area contributed by atoms with Gasteiger partial charge in [0.2, 0.25) is 5.76 Å². The third-order valence-corrected chi connectivity index (χ3v) is 5.22. The first-order valence-electron chi connectivity index (χ1n) is 9.06. The number of esters is 2. The molecule has 12 heteroatoms. The minimum atomic E-state index is -1.05. The minimum absolute atomic E-state index is 0.117. The van der Waals surface area contributed by atoms with Gasteiger partial charge in [0, 0.05) is 21.5 Å². The number of halogens is 1. The summed E-state index contributed by atoms with van der Waals surface area (Å²) in [6.45, 7) is 1.06. The highest BCUT2D eigenvalue weighted by molar-refractivity contribution is 7.15. The van der Waals surface area contributed by atoms with E-state index < -0.39 is 41.0 Å². The standard InChI is InChI=1S/C20H15ClN2O8S/c1-2-29-20(26)17-12(11-5-3-4-6-13(11)21)10-32-18(17)22-15(24)9-30-19(25)14-7-8-16(31-14)23(27)28/h3-8,10H,2,9H2,1H3,(H,22,24). The normalized spacial score (nSPS) is 10.4. The first-order valence-corrected chi connectivity index (χ1v) is 10.3. The zero-order valence-corrected chi connectivity index (χ0v) is 18.0. The molecule has 0 aliphatic heterocycles. The Morgan fingerprint density at radius 2 is 1.88 bits per heavy atom. The number of amides is 1. The molecule has 32 heavy (non-hydrogen) atoms. The van der Waals surface area contributed by atoms with Crippen molar-refractivity contribution in [2.24, 2.45) is 0 Å². The van der Waals surface area contributed by atoms with Gasteiger partial charge < -0.3 is 19.2 Å². The Balaban J connectivity index is 1.75. The maximum atomic E-state index is 12.6. The number of nitro groups is 1. The number of nitrogens with zero attached hydrogens (tertiary/aromatic N) is 1. The molecule has 1 N–H and O–H groups in total. The quantitative estimate of drug-likeness (QED) is 0.283. The van der Waals surface area contributed by atoms with Gasteiger partial charge in [0.15, 0.2) is 6.61 Å². The first kappa shape index (κ1) is 23.0. The molecule has 0 aliphatic carbocycles. The van der Waals surface area contributed by atoms with Crippen LogP contribution in [0.5, 0.6) is 0 Å². The number of thiophene rings is 1. The molecule has 1 amide bonds. The predicted molar refractivity (Wildman–Crippen MR) is 115 cm³/mol. The molecule has 0 atom stereocenters. The second-order valence-electron chi connectivity index (χ2n) is 6.07. The number of anilines is 1. The molecule has 10 nitrogen and oxygen atoms in total. The number of rotatable bonds is 8. The van der Waals surface area contributed by atoms with E-state index in [4.69, 9.17) is 25.5 Å². The van der Waals surface area contributed by atoms with Crippen molar-refractivity contribution in [3.8, 4) is 11.1 Å². The summed E-state index contributed by atoms with van der Waals surface area (Å²) in [6, 6.07) is 8.94. The van der Waals surface area contributed by atoms with Crippen LogP contribution in [0.4, 0.5) is 10.9 Å². The Hall–Kier alpha value is -3.70. The lowest BCUT2D eigenvalue weighted by Gasteiger charge is -2.09. The van der Waals surface area contributed by atoms with Crippen molar-refractivity contribution in [1.82, 2.24) is 0 Å². The fourth-order valence-electron chi connectivity index (χ4n) is 2.63. The zero-order chi connectivity index (χ0) is 23.3. The largest absolute Gasteiger partial charge is 0.462 e. The summed E-state index contributed by atoms with van der Waals surface area (Å²) in [6.07, 6.45) is 0. The van der Waals surface area contributed by atoms with Gasteiger partial charge in [-0.3, -0.25) is 14.9 Å². The Kier molecular flexibility index (Phi) is 7.23. The molecule has 3 rings (SSSR count). The number of hydrogen-bond acceptors (Lipinski definition) is 9. The lowest BCUT2D eigenvalue weighted by Crippen LogP contribution is -2.21. The topological polar surface area (TPSA) is 138 Å². The highest BCUT2D eigenvalue weighted by atomic mass is 35.5. The van der Waals surface area contributed by atoms with Gasteiger partial charge >= 0.3 is 17.8 Å². The van der Waals surface area contributed by atoms with Crippen LogP contribution in [-0.4, -0.2) is 36.0 Å². The second-order valence-corrected chi connectivity index (χ2v) is 7.36. The lowest BCUT2D eigenvalue weighted by molar-refractivity contribution is -0.402. The van der Waals surface area contributed by atoms with Gasteiger partial charge in [-0.15, -0.1) is 11.3 Å². The molecule has 1 aromatic carbocycles. The van der Waals surface area contributed by atoms with E-state index in [0.717, 1.165) is 23.5 Å². The summed E-state index contributed by atoms with van der Waals surface area (Å²) in [5, 5.41) is 15.4. The van der Waals surface area contributed by atoms with E-state index in [1.807, 2.05) is 0 Å². The van der Waals surface area contributed by atoms with Gasteiger partial charge in [0.25, 0.3) is 5.91 Å². The van der Waals surface area contributed by atoms with E-state index in [2.05, 4.69) is 5.32 Å². The first-order chi connectivity index (χ1) is 15.3. The van der Waals surface area contributed by atoms with Gasteiger partial charge in [-0.2, -0.15) is 0 Å². The van der Waals surface area contributed by atoms with E-state index in [1.165, 1.54) is 0 Å². The molecule has 2 aromatic heterocycles. The summed E-state index contributed by atoms with van der Waals surface area (Å²) in [7, 11) is 0. The molecule has 0 bridgehead atoms. The van der Waals surface area contributed by atoms with Gasteiger partial charge in [-0.1, -0.05) is 29.8 Å². The number of furan rings is 1. The molecule has 0 aliphatic rings. The summed E-state index contributed by atoms with van der Waals surface area (Å²) < 4.78 is 14.6. The number of benzene rings is 1. The molecule has 0 saturated carbocycles. The van der Waals surface area contributed by atoms with Crippen molar-refractivity contribution in [1.29, 1.82) is 0 Å². The van der Waals surface area contributed by atoms with E-state index in [-0.39, 0.29) is 17.2 Å². The Bertz CT molecular complexity index is 1190. The van der Waals surface area contributed by atoms with Crippen LogP contribution in [0.3, 0.4) is 0 Å². The van der Waals surface area contributed by atoms with Gasteiger partial charge in [0.1, 0.15) is 15.5 Å². The average molecular weight is 479 g/mol. The SMILES string of the molecule is CCOC(=O)c1c(-c2ccccc2Cl)csc1NC(=O)COC(=O)c1ccc([N+](=O)[O-])o1. The molecule has 0 unspecified atom stereocenters. The molecule has 3 aromatic rings. The molecule has 0 radical (unpaired) electrons. The monoisotopic (exact) mass is 478 g/mol. The lowest BCUT2D eigenvalue weighted by atomic mass is 10.0.